The van der Waals surface area contributed by atoms with Gasteiger partial charge in [-0.15, -0.1) is 11.6 Å². The van der Waals surface area contributed by atoms with Crippen molar-refractivity contribution in [2.24, 2.45) is 0 Å². The number of hydrogen-bond donors (Lipinski definition) is 1. The number of benzene rings is 1. The highest BCUT2D eigenvalue weighted by Crippen LogP contribution is 2.31. The van der Waals surface area contributed by atoms with Crippen LogP contribution in [0.5, 0.6) is 5.75 Å². The highest BCUT2D eigenvalue weighted by atomic mass is 35.5. The van der Waals surface area contributed by atoms with Crippen LogP contribution in [0.25, 0.3) is 0 Å². The van der Waals surface area contributed by atoms with Crippen molar-refractivity contribution < 1.29 is 4.74 Å². The summed E-state index contributed by atoms with van der Waals surface area (Å²) in [5.74, 6) is 1.52. The summed E-state index contributed by atoms with van der Waals surface area (Å²) in [6, 6.07) is 2.28. The van der Waals surface area contributed by atoms with Gasteiger partial charge in [-0.2, -0.15) is 0 Å². The normalized spacial score (nSPS) is 12.6. The number of rotatable bonds is 4. The van der Waals surface area contributed by atoms with Crippen LogP contribution in [-0.4, -0.2) is 20.0 Å². The van der Waals surface area contributed by atoms with Crippen LogP contribution in [0.15, 0.2) is 6.07 Å². The fourth-order valence-corrected chi connectivity index (χ4v) is 2.42. The van der Waals surface area contributed by atoms with Gasteiger partial charge in [0.05, 0.1) is 7.11 Å². The van der Waals surface area contributed by atoms with E-state index in [1.54, 1.807) is 7.11 Å². The Hall–Kier alpha value is -0.730. The van der Waals surface area contributed by atoms with Crippen LogP contribution in [0.3, 0.4) is 0 Å². The van der Waals surface area contributed by atoms with Gasteiger partial charge >= 0.3 is 0 Å². The molecule has 0 saturated carbocycles. The molecule has 1 aromatic rings. The molecule has 1 aromatic carbocycles. The second kappa shape index (κ2) is 5.55. The van der Waals surface area contributed by atoms with E-state index in [9.17, 15) is 0 Å². The van der Waals surface area contributed by atoms with Crippen molar-refractivity contribution in [1.29, 1.82) is 0 Å². The van der Waals surface area contributed by atoms with Crippen molar-refractivity contribution in [2.45, 2.75) is 26.8 Å². The number of nitrogens with one attached hydrogen (secondary N) is 1. The predicted octanol–water partition coefficient (Wildman–Crippen LogP) is 3.12. The van der Waals surface area contributed by atoms with Gasteiger partial charge in [0.2, 0.25) is 0 Å². The van der Waals surface area contributed by atoms with E-state index < -0.39 is 0 Å². The Kier molecular flexibility index (Phi) is 4.63. The van der Waals surface area contributed by atoms with Crippen LogP contribution in [0.1, 0.15) is 28.3 Å². The molecule has 0 aliphatic carbocycles. The van der Waals surface area contributed by atoms with Gasteiger partial charge in [-0.25, -0.2) is 0 Å². The van der Waals surface area contributed by atoms with E-state index >= 15 is 0 Å². The van der Waals surface area contributed by atoms with E-state index in [1.165, 1.54) is 22.3 Å². The standard InChI is InChI=1S/C13H20ClNO/c1-8-6-12(16-5)9(2)10(3)13(8)11(7-14)15-4/h6,11,15H,7H2,1-5H3. The number of hydrogen-bond acceptors (Lipinski definition) is 2. The molecule has 1 atom stereocenters. The maximum atomic E-state index is 5.98. The molecule has 0 aliphatic heterocycles. The zero-order valence-electron chi connectivity index (χ0n) is 10.6. The Morgan fingerprint density at radius 1 is 1.31 bits per heavy atom. The largest absolute Gasteiger partial charge is 0.496 e. The van der Waals surface area contributed by atoms with Crippen LogP contribution < -0.4 is 10.1 Å². The summed E-state index contributed by atoms with van der Waals surface area (Å²) in [4.78, 5) is 0. The maximum Gasteiger partial charge on any atom is 0.122 e. The van der Waals surface area contributed by atoms with Crippen molar-refractivity contribution >= 4 is 11.6 Å². The summed E-state index contributed by atoms with van der Waals surface area (Å²) in [5.41, 5.74) is 4.96. The van der Waals surface area contributed by atoms with Gasteiger partial charge in [-0.1, -0.05) is 0 Å². The monoisotopic (exact) mass is 241 g/mol. The molecular weight excluding hydrogens is 222 g/mol. The summed E-state index contributed by atoms with van der Waals surface area (Å²) < 4.78 is 5.36. The first-order valence-corrected chi connectivity index (χ1v) is 5.98. The van der Waals surface area contributed by atoms with Gasteiger partial charge in [0.1, 0.15) is 5.75 Å². The molecule has 0 heterocycles. The number of halogens is 1. The molecule has 0 fully saturated rings. The van der Waals surface area contributed by atoms with Crippen LogP contribution in [0.4, 0.5) is 0 Å². The van der Waals surface area contributed by atoms with Crippen molar-refractivity contribution in [3.63, 3.8) is 0 Å². The van der Waals surface area contributed by atoms with Crippen molar-refractivity contribution in [3.8, 4) is 5.75 Å². The highest BCUT2D eigenvalue weighted by Gasteiger charge is 2.17. The molecule has 0 aromatic heterocycles. The fraction of sp³-hybridized carbons (Fsp3) is 0.538. The summed E-state index contributed by atoms with van der Waals surface area (Å²) in [6.07, 6.45) is 0. The topological polar surface area (TPSA) is 21.3 Å². The van der Waals surface area contributed by atoms with E-state index in [1.807, 2.05) is 7.05 Å². The lowest BCUT2D eigenvalue weighted by Gasteiger charge is -2.22. The van der Waals surface area contributed by atoms with E-state index in [-0.39, 0.29) is 6.04 Å². The molecule has 16 heavy (non-hydrogen) atoms. The Morgan fingerprint density at radius 3 is 2.38 bits per heavy atom. The minimum atomic E-state index is 0.200. The minimum absolute atomic E-state index is 0.200. The molecule has 0 amide bonds. The quantitative estimate of drug-likeness (QED) is 0.818. The lowest BCUT2D eigenvalue weighted by Crippen LogP contribution is -2.20. The first kappa shape index (κ1) is 13.3. The number of ether oxygens (including phenoxy) is 1. The van der Waals surface area contributed by atoms with Crippen molar-refractivity contribution in [3.05, 3.63) is 28.3 Å². The van der Waals surface area contributed by atoms with Crippen molar-refractivity contribution in [2.75, 3.05) is 20.0 Å². The molecule has 0 aliphatic rings. The fourth-order valence-electron chi connectivity index (χ4n) is 2.11. The van der Waals surface area contributed by atoms with E-state index in [0.717, 1.165) is 5.75 Å². The highest BCUT2D eigenvalue weighted by molar-refractivity contribution is 6.18. The zero-order valence-corrected chi connectivity index (χ0v) is 11.4. The van der Waals surface area contributed by atoms with Gasteiger partial charge in [-0.3, -0.25) is 0 Å². The lowest BCUT2D eigenvalue weighted by molar-refractivity contribution is 0.410. The van der Waals surface area contributed by atoms with Gasteiger partial charge in [0, 0.05) is 11.9 Å². The molecule has 0 spiro atoms. The third kappa shape index (κ3) is 2.33. The van der Waals surface area contributed by atoms with E-state index in [0.29, 0.717) is 5.88 Å². The molecule has 1 N–H and O–H groups in total. The van der Waals surface area contributed by atoms with Crippen LogP contribution in [-0.2, 0) is 0 Å². The third-order valence-electron chi connectivity index (χ3n) is 3.18. The van der Waals surface area contributed by atoms with Crippen LogP contribution in [0, 0.1) is 20.8 Å². The predicted molar refractivity (Wildman–Crippen MR) is 69.7 cm³/mol. The first-order chi connectivity index (χ1) is 7.56. The molecular formula is C13H20ClNO. The lowest BCUT2D eigenvalue weighted by atomic mass is 9.93. The average molecular weight is 242 g/mol. The Labute approximate surface area is 103 Å². The van der Waals surface area contributed by atoms with Crippen LogP contribution in [0.2, 0.25) is 0 Å². The maximum absolute atomic E-state index is 5.98. The second-order valence-electron chi connectivity index (χ2n) is 4.05. The molecule has 0 bridgehead atoms. The molecule has 0 saturated heterocycles. The van der Waals surface area contributed by atoms with Crippen molar-refractivity contribution in [1.82, 2.24) is 5.32 Å². The van der Waals surface area contributed by atoms with Gasteiger partial charge in [0.15, 0.2) is 0 Å². The van der Waals surface area contributed by atoms with E-state index in [2.05, 4.69) is 32.2 Å². The second-order valence-corrected chi connectivity index (χ2v) is 4.36. The Bertz CT molecular complexity index is 373. The molecule has 0 radical (unpaired) electrons. The summed E-state index contributed by atoms with van der Waals surface area (Å²) in [6.45, 7) is 6.30. The molecule has 1 unspecified atom stereocenters. The number of alkyl halides is 1. The summed E-state index contributed by atoms with van der Waals surface area (Å²) in [5, 5.41) is 3.24. The number of methoxy groups -OCH3 is 1. The number of aryl methyl sites for hydroxylation is 1. The third-order valence-corrected chi connectivity index (χ3v) is 3.49. The Morgan fingerprint density at radius 2 is 1.94 bits per heavy atom. The SMILES string of the molecule is CNC(CCl)c1c(C)cc(OC)c(C)c1C. The first-order valence-electron chi connectivity index (χ1n) is 5.44. The Balaban J connectivity index is 3.35. The minimum Gasteiger partial charge on any atom is -0.496 e. The van der Waals surface area contributed by atoms with Gasteiger partial charge in [0.25, 0.3) is 0 Å². The van der Waals surface area contributed by atoms with Crippen LogP contribution >= 0.6 is 11.6 Å². The molecule has 90 valence electrons. The smallest absolute Gasteiger partial charge is 0.122 e. The summed E-state index contributed by atoms with van der Waals surface area (Å²) in [7, 11) is 3.64. The van der Waals surface area contributed by atoms with Gasteiger partial charge < -0.3 is 10.1 Å². The van der Waals surface area contributed by atoms with E-state index in [4.69, 9.17) is 16.3 Å². The average Bonchev–Trinajstić information content (AvgIpc) is 2.29. The zero-order chi connectivity index (χ0) is 12.3. The molecule has 1 rings (SSSR count). The van der Waals surface area contributed by atoms with Gasteiger partial charge in [-0.05, 0) is 56.1 Å². The summed E-state index contributed by atoms with van der Waals surface area (Å²) >= 11 is 5.98. The molecule has 3 heteroatoms. The molecule has 2 nitrogen and oxygen atoms in total.